The Labute approximate surface area is 147 Å². The van der Waals surface area contributed by atoms with E-state index in [0.717, 1.165) is 31.6 Å². The quantitative estimate of drug-likeness (QED) is 0.339. The van der Waals surface area contributed by atoms with Crippen LogP contribution in [0.4, 0.5) is 0 Å². The van der Waals surface area contributed by atoms with E-state index in [2.05, 4.69) is 39.7 Å². The van der Waals surface area contributed by atoms with E-state index in [-0.39, 0.29) is 11.8 Å². The molecule has 0 bridgehead atoms. The molecule has 0 radical (unpaired) electrons. The zero-order valence-corrected chi connectivity index (χ0v) is 16.0. The van der Waals surface area contributed by atoms with E-state index in [9.17, 15) is 4.79 Å². The Kier molecular flexibility index (Phi) is 10.5. The van der Waals surface area contributed by atoms with Crippen molar-refractivity contribution in [1.29, 1.82) is 0 Å². The van der Waals surface area contributed by atoms with Crippen molar-refractivity contribution < 1.29 is 4.79 Å². The molecule has 1 aliphatic heterocycles. The topological polar surface area (TPSA) is 68.8 Å². The highest BCUT2D eigenvalue weighted by Crippen LogP contribution is 2.18. The highest BCUT2D eigenvalue weighted by atomic mass is 16.1. The zero-order chi connectivity index (χ0) is 17.8. The Morgan fingerprint density at radius 3 is 2.58 bits per heavy atom. The van der Waals surface area contributed by atoms with Gasteiger partial charge in [0.05, 0.1) is 6.54 Å². The van der Waals surface area contributed by atoms with E-state index in [0.29, 0.717) is 13.1 Å². The van der Waals surface area contributed by atoms with E-state index in [1.807, 2.05) is 13.8 Å². The summed E-state index contributed by atoms with van der Waals surface area (Å²) in [4.78, 5) is 18.8. The number of amides is 1. The summed E-state index contributed by atoms with van der Waals surface area (Å²) in [5, 5.41) is 9.46. The van der Waals surface area contributed by atoms with Crippen LogP contribution in [-0.2, 0) is 4.79 Å². The highest BCUT2D eigenvalue weighted by molar-refractivity contribution is 5.80. The molecule has 0 spiro atoms. The first-order valence-corrected chi connectivity index (χ1v) is 9.62. The molecule has 0 aliphatic carbocycles. The highest BCUT2D eigenvalue weighted by Gasteiger charge is 2.19. The van der Waals surface area contributed by atoms with Crippen LogP contribution in [0.2, 0.25) is 0 Å². The maximum Gasteiger partial charge on any atom is 0.222 e. The summed E-state index contributed by atoms with van der Waals surface area (Å²) in [6, 6.07) is 0.732. The van der Waals surface area contributed by atoms with Gasteiger partial charge in [-0.3, -0.25) is 14.7 Å². The molecule has 1 aliphatic rings. The fourth-order valence-electron chi connectivity index (χ4n) is 3.02. The van der Waals surface area contributed by atoms with E-state index in [1.165, 1.54) is 32.2 Å². The first-order chi connectivity index (χ1) is 11.6. The summed E-state index contributed by atoms with van der Waals surface area (Å²) in [5.41, 5.74) is 0. The average molecular weight is 340 g/mol. The van der Waals surface area contributed by atoms with Crippen LogP contribution in [0.5, 0.6) is 0 Å². The number of rotatable bonds is 9. The van der Waals surface area contributed by atoms with Gasteiger partial charge in [0.1, 0.15) is 0 Å². The number of carbonyl (C=O) groups excluding carboxylic acids is 1. The third kappa shape index (κ3) is 7.99. The van der Waals surface area contributed by atoms with Gasteiger partial charge in [-0.15, -0.1) is 0 Å². The number of likely N-dealkylation sites (tertiary alicyclic amines) is 1. The van der Waals surface area contributed by atoms with Crippen LogP contribution in [0.1, 0.15) is 53.4 Å². The normalized spacial score (nSPS) is 19.4. The number of nitrogens with zero attached hydrogens (tertiary/aromatic N) is 2. The van der Waals surface area contributed by atoms with E-state index >= 15 is 0 Å². The van der Waals surface area contributed by atoms with Crippen LogP contribution in [-0.4, -0.2) is 62.1 Å². The summed E-state index contributed by atoms with van der Waals surface area (Å²) >= 11 is 0. The summed E-state index contributed by atoms with van der Waals surface area (Å²) in [6.45, 7) is 13.3. The van der Waals surface area contributed by atoms with Crippen molar-refractivity contribution in [3.63, 3.8) is 0 Å². The van der Waals surface area contributed by atoms with Crippen molar-refractivity contribution in [2.75, 3.05) is 39.3 Å². The van der Waals surface area contributed by atoms with Crippen molar-refractivity contribution >= 4 is 11.9 Å². The second kappa shape index (κ2) is 12.1. The molecule has 0 saturated carbocycles. The van der Waals surface area contributed by atoms with Gasteiger partial charge in [0.15, 0.2) is 5.96 Å². The van der Waals surface area contributed by atoms with Gasteiger partial charge in [-0.05, 0) is 32.7 Å². The molecule has 0 aromatic heterocycles. The first-order valence-electron chi connectivity index (χ1n) is 9.62. The predicted molar refractivity (Wildman–Crippen MR) is 101 cm³/mol. The number of piperidine rings is 1. The molecule has 1 saturated heterocycles. The Morgan fingerprint density at radius 1 is 1.17 bits per heavy atom. The molecular formula is C18H37N5O. The number of guanidine groups is 1. The van der Waals surface area contributed by atoms with Gasteiger partial charge in [0.2, 0.25) is 5.91 Å². The number of aliphatic imine (C=N–C) groups is 1. The molecule has 140 valence electrons. The van der Waals surface area contributed by atoms with Crippen LogP contribution >= 0.6 is 0 Å². The van der Waals surface area contributed by atoms with Crippen LogP contribution in [0.25, 0.3) is 0 Å². The van der Waals surface area contributed by atoms with Gasteiger partial charge in [0.25, 0.3) is 0 Å². The fraction of sp³-hybridized carbons (Fsp3) is 0.889. The molecule has 0 aromatic rings. The van der Waals surface area contributed by atoms with E-state index in [4.69, 9.17) is 0 Å². The molecule has 1 unspecified atom stereocenters. The first kappa shape index (κ1) is 20.7. The molecular weight excluding hydrogens is 302 g/mol. The third-order valence-electron chi connectivity index (χ3n) is 4.46. The molecule has 1 amide bonds. The van der Waals surface area contributed by atoms with Gasteiger partial charge in [0, 0.05) is 38.1 Å². The Bertz CT molecular complexity index is 384. The maximum absolute atomic E-state index is 11.5. The van der Waals surface area contributed by atoms with Gasteiger partial charge in [-0.2, -0.15) is 0 Å². The van der Waals surface area contributed by atoms with Crippen molar-refractivity contribution in [1.82, 2.24) is 20.9 Å². The number of carbonyl (C=O) groups is 1. The lowest BCUT2D eigenvalue weighted by molar-refractivity contribution is -0.123. The lowest BCUT2D eigenvalue weighted by Gasteiger charge is -2.34. The molecule has 1 fully saturated rings. The second-order valence-electron chi connectivity index (χ2n) is 6.73. The summed E-state index contributed by atoms with van der Waals surface area (Å²) in [5.74, 6) is 0.957. The van der Waals surface area contributed by atoms with Crippen molar-refractivity contribution in [2.45, 2.75) is 59.4 Å². The molecule has 24 heavy (non-hydrogen) atoms. The molecule has 0 aromatic carbocycles. The zero-order valence-electron chi connectivity index (χ0n) is 16.0. The fourth-order valence-corrected chi connectivity index (χ4v) is 3.02. The lowest BCUT2D eigenvalue weighted by atomic mass is 10.0. The standard InChI is InChI=1S/C18H37N5O/c1-5-16-9-7-8-13-23(16)14-12-22-18(19-6-2)21-11-10-20-17(24)15(3)4/h15-16H,5-14H2,1-4H3,(H,20,24)(H2,19,21,22). The van der Waals surface area contributed by atoms with Crippen LogP contribution in [0.3, 0.4) is 0 Å². The minimum Gasteiger partial charge on any atom is -0.357 e. The van der Waals surface area contributed by atoms with Crippen molar-refractivity contribution in [2.24, 2.45) is 10.9 Å². The molecule has 1 rings (SSSR count). The van der Waals surface area contributed by atoms with Crippen LogP contribution < -0.4 is 16.0 Å². The maximum atomic E-state index is 11.5. The number of nitrogens with one attached hydrogen (secondary N) is 3. The largest absolute Gasteiger partial charge is 0.357 e. The number of hydrogen-bond donors (Lipinski definition) is 3. The lowest BCUT2D eigenvalue weighted by Crippen LogP contribution is -2.43. The molecule has 6 nitrogen and oxygen atoms in total. The third-order valence-corrected chi connectivity index (χ3v) is 4.46. The van der Waals surface area contributed by atoms with E-state index < -0.39 is 0 Å². The van der Waals surface area contributed by atoms with E-state index in [1.54, 1.807) is 0 Å². The molecule has 3 N–H and O–H groups in total. The minimum atomic E-state index is 0.0305. The SMILES string of the molecule is CCNC(=NCCN1CCCCC1CC)NCCNC(=O)C(C)C. The number of hydrogen-bond acceptors (Lipinski definition) is 3. The van der Waals surface area contributed by atoms with Crippen molar-refractivity contribution in [3.05, 3.63) is 0 Å². The van der Waals surface area contributed by atoms with Gasteiger partial charge in [-0.1, -0.05) is 27.2 Å². The molecule has 1 heterocycles. The minimum absolute atomic E-state index is 0.0305. The monoisotopic (exact) mass is 339 g/mol. The second-order valence-corrected chi connectivity index (χ2v) is 6.73. The predicted octanol–water partition coefficient (Wildman–Crippen LogP) is 1.58. The Morgan fingerprint density at radius 2 is 1.92 bits per heavy atom. The molecule has 1 atom stereocenters. The summed E-state index contributed by atoms with van der Waals surface area (Å²) in [7, 11) is 0. The average Bonchev–Trinajstić information content (AvgIpc) is 2.58. The van der Waals surface area contributed by atoms with Crippen LogP contribution in [0.15, 0.2) is 4.99 Å². The van der Waals surface area contributed by atoms with Crippen LogP contribution in [0, 0.1) is 5.92 Å². The smallest absolute Gasteiger partial charge is 0.222 e. The Balaban J connectivity index is 2.32. The summed E-state index contributed by atoms with van der Waals surface area (Å²) in [6.07, 6.45) is 5.24. The molecule has 6 heteroatoms. The summed E-state index contributed by atoms with van der Waals surface area (Å²) < 4.78 is 0. The Hall–Kier alpha value is -1.30. The van der Waals surface area contributed by atoms with Gasteiger partial charge in [-0.25, -0.2) is 0 Å². The van der Waals surface area contributed by atoms with Gasteiger partial charge >= 0.3 is 0 Å². The van der Waals surface area contributed by atoms with Crippen molar-refractivity contribution in [3.8, 4) is 0 Å². The van der Waals surface area contributed by atoms with Gasteiger partial charge < -0.3 is 16.0 Å².